The number of nitrogens with zero attached hydrogens (tertiary/aromatic N) is 1. The third kappa shape index (κ3) is 2.84. The predicted octanol–water partition coefficient (Wildman–Crippen LogP) is 5.28. The van der Waals surface area contributed by atoms with Gasteiger partial charge in [0.15, 0.2) is 0 Å². The minimum absolute atomic E-state index is 0.0812. The summed E-state index contributed by atoms with van der Waals surface area (Å²) in [5.41, 5.74) is 4.37. The first kappa shape index (κ1) is 15.7. The quantitative estimate of drug-likeness (QED) is 0.522. The fourth-order valence-electron chi connectivity index (χ4n) is 3.15. The Balaban J connectivity index is 1.54. The van der Waals surface area contributed by atoms with Crippen LogP contribution in [-0.2, 0) is 13.0 Å². The van der Waals surface area contributed by atoms with Gasteiger partial charge in [0.2, 0.25) is 0 Å². The van der Waals surface area contributed by atoms with Crippen LogP contribution in [0, 0.1) is 0 Å². The molecule has 2 amide bonds. The molecular formula is C18H15Br2N3O. The van der Waals surface area contributed by atoms with Gasteiger partial charge in [0, 0.05) is 32.1 Å². The SMILES string of the molecule is O=C(Nc1ccc(Br)cc1Br)N1CCc2c([nH]c3ccccc23)C1. The molecule has 0 aliphatic carbocycles. The molecule has 0 bridgehead atoms. The summed E-state index contributed by atoms with van der Waals surface area (Å²) in [5.74, 6) is 0. The van der Waals surface area contributed by atoms with Crippen LogP contribution in [0.25, 0.3) is 10.9 Å². The van der Waals surface area contributed by atoms with Crippen molar-refractivity contribution in [3.63, 3.8) is 0 Å². The normalized spacial score (nSPS) is 13.8. The van der Waals surface area contributed by atoms with Crippen LogP contribution in [0.5, 0.6) is 0 Å². The molecule has 2 N–H and O–H groups in total. The average Bonchev–Trinajstić information content (AvgIpc) is 2.95. The number of amides is 2. The molecule has 1 aliphatic rings. The van der Waals surface area contributed by atoms with Crippen LogP contribution in [0.1, 0.15) is 11.3 Å². The maximum absolute atomic E-state index is 12.6. The van der Waals surface area contributed by atoms with Gasteiger partial charge in [-0.05, 0) is 52.2 Å². The minimum Gasteiger partial charge on any atom is -0.357 e. The Morgan fingerprint density at radius 3 is 2.83 bits per heavy atom. The fraction of sp³-hybridized carbons (Fsp3) is 0.167. The highest BCUT2D eigenvalue weighted by molar-refractivity contribution is 9.11. The van der Waals surface area contributed by atoms with Crippen LogP contribution in [0.4, 0.5) is 10.5 Å². The summed E-state index contributed by atoms with van der Waals surface area (Å²) in [6.45, 7) is 1.32. The lowest BCUT2D eigenvalue weighted by atomic mass is 10.0. The zero-order chi connectivity index (χ0) is 16.7. The van der Waals surface area contributed by atoms with E-state index < -0.39 is 0 Å². The Hall–Kier alpha value is -1.79. The summed E-state index contributed by atoms with van der Waals surface area (Å²) in [5, 5.41) is 4.24. The third-order valence-electron chi connectivity index (χ3n) is 4.34. The average molecular weight is 449 g/mol. The standard InChI is InChI=1S/C18H15Br2N3O/c19-11-5-6-16(14(20)9-11)22-18(24)23-8-7-13-12-3-1-2-4-15(12)21-17(13)10-23/h1-6,9,21H,7-8,10H2,(H,22,24). The van der Waals surface area contributed by atoms with Gasteiger partial charge < -0.3 is 15.2 Å². The number of H-pyrrole nitrogens is 1. The van der Waals surface area contributed by atoms with Gasteiger partial charge in [0.1, 0.15) is 0 Å². The molecule has 0 saturated heterocycles. The van der Waals surface area contributed by atoms with Crippen LogP contribution in [0.3, 0.4) is 0 Å². The predicted molar refractivity (Wildman–Crippen MR) is 103 cm³/mol. The molecule has 0 radical (unpaired) electrons. The van der Waals surface area contributed by atoms with E-state index in [-0.39, 0.29) is 6.03 Å². The Morgan fingerprint density at radius 1 is 1.17 bits per heavy atom. The van der Waals surface area contributed by atoms with Crippen molar-refractivity contribution in [1.29, 1.82) is 0 Å². The number of hydrogen-bond acceptors (Lipinski definition) is 1. The highest BCUT2D eigenvalue weighted by Crippen LogP contribution is 2.29. The van der Waals surface area contributed by atoms with Crippen molar-refractivity contribution >= 4 is 54.5 Å². The Kier molecular flexibility index (Phi) is 4.10. The van der Waals surface area contributed by atoms with Gasteiger partial charge >= 0.3 is 6.03 Å². The van der Waals surface area contributed by atoms with Gasteiger partial charge in [-0.2, -0.15) is 0 Å². The number of carbonyl (C=O) groups is 1. The molecule has 0 spiro atoms. The van der Waals surface area contributed by atoms with Crippen LogP contribution in [0.15, 0.2) is 51.4 Å². The van der Waals surface area contributed by atoms with E-state index in [1.165, 1.54) is 10.9 Å². The molecule has 3 aromatic rings. The number of aromatic nitrogens is 1. The molecule has 1 aliphatic heterocycles. The monoisotopic (exact) mass is 447 g/mol. The Bertz CT molecular complexity index is 935. The topological polar surface area (TPSA) is 48.1 Å². The third-order valence-corrected chi connectivity index (χ3v) is 5.49. The number of fused-ring (bicyclic) bond motifs is 3. The van der Waals surface area contributed by atoms with Gasteiger partial charge in [-0.3, -0.25) is 0 Å². The van der Waals surface area contributed by atoms with E-state index in [4.69, 9.17) is 0 Å². The van der Waals surface area contributed by atoms with E-state index in [2.05, 4.69) is 60.4 Å². The van der Waals surface area contributed by atoms with Crippen molar-refractivity contribution in [3.8, 4) is 0 Å². The number of halogens is 2. The summed E-state index contributed by atoms with van der Waals surface area (Å²) in [4.78, 5) is 17.9. The Morgan fingerprint density at radius 2 is 2.00 bits per heavy atom. The van der Waals surface area contributed by atoms with Crippen LogP contribution < -0.4 is 5.32 Å². The second kappa shape index (κ2) is 6.26. The number of hydrogen-bond donors (Lipinski definition) is 2. The lowest BCUT2D eigenvalue weighted by molar-refractivity contribution is 0.206. The molecule has 0 atom stereocenters. The smallest absolute Gasteiger partial charge is 0.322 e. The molecule has 0 unspecified atom stereocenters. The van der Waals surface area contributed by atoms with Gasteiger partial charge in [0.25, 0.3) is 0 Å². The van der Waals surface area contributed by atoms with Gasteiger partial charge in [-0.1, -0.05) is 34.1 Å². The number of aromatic amines is 1. The molecule has 1 aromatic heterocycles. The molecule has 6 heteroatoms. The van der Waals surface area contributed by atoms with Gasteiger partial charge in [-0.25, -0.2) is 4.79 Å². The highest BCUT2D eigenvalue weighted by atomic mass is 79.9. The molecule has 2 heterocycles. The zero-order valence-electron chi connectivity index (χ0n) is 12.8. The van der Waals surface area contributed by atoms with Gasteiger partial charge in [0.05, 0.1) is 12.2 Å². The first-order chi connectivity index (χ1) is 11.6. The fourth-order valence-corrected chi connectivity index (χ4v) is 4.30. The summed E-state index contributed by atoms with van der Waals surface area (Å²) in [6, 6.07) is 13.9. The number of anilines is 1. The molecule has 122 valence electrons. The zero-order valence-corrected chi connectivity index (χ0v) is 15.9. The van der Waals surface area contributed by atoms with Crippen molar-refractivity contribution < 1.29 is 4.79 Å². The van der Waals surface area contributed by atoms with Gasteiger partial charge in [-0.15, -0.1) is 0 Å². The van der Waals surface area contributed by atoms with Crippen molar-refractivity contribution in [1.82, 2.24) is 9.88 Å². The van der Waals surface area contributed by atoms with Crippen molar-refractivity contribution in [2.45, 2.75) is 13.0 Å². The highest BCUT2D eigenvalue weighted by Gasteiger charge is 2.24. The Labute approximate surface area is 156 Å². The van der Waals surface area contributed by atoms with Crippen LogP contribution in [-0.4, -0.2) is 22.5 Å². The number of carbonyl (C=O) groups excluding carboxylic acids is 1. The number of rotatable bonds is 1. The lowest BCUT2D eigenvalue weighted by Crippen LogP contribution is -2.38. The molecule has 2 aromatic carbocycles. The molecular weight excluding hydrogens is 434 g/mol. The maximum Gasteiger partial charge on any atom is 0.322 e. The number of urea groups is 1. The lowest BCUT2D eigenvalue weighted by Gasteiger charge is -2.27. The number of para-hydroxylation sites is 1. The summed E-state index contributed by atoms with van der Waals surface area (Å²) < 4.78 is 1.82. The van der Waals surface area contributed by atoms with Crippen LogP contribution >= 0.6 is 31.9 Å². The summed E-state index contributed by atoms with van der Waals surface area (Å²) in [6.07, 6.45) is 0.869. The second-order valence-corrected chi connectivity index (χ2v) is 7.62. The van der Waals surface area contributed by atoms with E-state index in [1.54, 1.807) is 0 Å². The summed E-state index contributed by atoms with van der Waals surface area (Å²) in [7, 11) is 0. The molecule has 4 rings (SSSR count). The van der Waals surface area contributed by atoms with E-state index >= 15 is 0 Å². The second-order valence-electron chi connectivity index (χ2n) is 5.85. The number of benzene rings is 2. The maximum atomic E-state index is 12.6. The van der Waals surface area contributed by atoms with E-state index in [0.29, 0.717) is 6.54 Å². The first-order valence-corrected chi connectivity index (χ1v) is 9.30. The summed E-state index contributed by atoms with van der Waals surface area (Å²) >= 11 is 6.90. The van der Waals surface area contributed by atoms with E-state index in [9.17, 15) is 4.79 Å². The van der Waals surface area contributed by atoms with Crippen molar-refractivity contribution in [2.24, 2.45) is 0 Å². The van der Waals surface area contributed by atoms with Crippen molar-refractivity contribution in [3.05, 3.63) is 62.7 Å². The van der Waals surface area contributed by atoms with Crippen molar-refractivity contribution in [2.75, 3.05) is 11.9 Å². The number of nitrogens with one attached hydrogen (secondary N) is 2. The van der Waals surface area contributed by atoms with E-state index in [1.807, 2.05) is 29.2 Å². The van der Waals surface area contributed by atoms with E-state index in [0.717, 1.165) is 38.8 Å². The molecule has 4 nitrogen and oxygen atoms in total. The van der Waals surface area contributed by atoms with Crippen LogP contribution in [0.2, 0.25) is 0 Å². The molecule has 0 saturated carbocycles. The largest absolute Gasteiger partial charge is 0.357 e. The molecule has 24 heavy (non-hydrogen) atoms. The first-order valence-electron chi connectivity index (χ1n) is 7.71. The minimum atomic E-state index is -0.0812. The molecule has 0 fully saturated rings.